The van der Waals surface area contributed by atoms with Gasteiger partial charge in [-0.25, -0.2) is 0 Å². The Morgan fingerprint density at radius 3 is 2.43 bits per heavy atom. The second kappa shape index (κ2) is 11.6. The zero-order valence-electron chi connectivity index (χ0n) is 18.0. The number of nitrogens with zero attached hydrogens (tertiary/aromatic N) is 1. The number of anilines is 1. The Bertz CT molecular complexity index is 1480. The molecule has 0 aliphatic heterocycles. The van der Waals surface area contributed by atoms with Crippen LogP contribution < -0.4 is 10.1 Å². The van der Waals surface area contributed by atoms with E-state index in [1.807, 2.05) is 36.4 Å². The molecule has 0 bridgehead atoms. The van der Waals surface area contributed by atoms with Crippen LogP contribution in [-0.2, 0) is 11.4 Å². The average molecular weight is 725 g/mol. The van der Waals surface area contributed by atoms with E-state index in [-0.39, 0.29) is 10.6 Å². The summed E-state index contributed by atoms with van der Waals surface area (Å²) in [5, 5.41) is 15.1. The van der Waals surface area contributed by atoms with E-state index in [0.29, 0.717) is 22.9 Å². The van der Waals surface area contributed by atoms with Crippen LogP contribution in [0, 0.1) is 18.5 Å². The minimum Gasteiger partial charge on any atom is -0.487 e. The largest absolute Gasteiger partial charge is 0.487 e. The standard InChI is InChI=1S/C27H16Cl2I2N2O2/c28-21-9-4-10-24(25(21)29)33-27(34)19(14-32)11-16-12-22(30)26(23(31)13-16)35-15-18-7-3-6-17-5-1-2-8-20(17)18/h1-13H,15H2,(H,33,34)/b19-11-. The first-order valence-corrected chi connectivity index (χ1v) is 13.2. The SMILES string of the molecule is N#C/C(=C/c1cc(I)c(OCc2cccc3ccccc23)c(I)c1)C(=O)Nc1cccc(Cl)c1Cl. The molecule has 0 aliphatic rings. The van der Waals surface area contributed by atoms with E-state index in [2.05, 4.69) is 74.8 Å². The highest BCUT2D eigenvalue weighted by Gasteiger charge is 2.15. The Morgan fingerprint density at radius 2 is 1.69 bits per heavy atom. The van der Waals surface area contributed by atoms with Gasteiger partial charge < -0.3 is 10.1 Å². The van der Waals surface area contributed by atoms with E-state index < -0.39 is 5.91 Å². The zero-order valence-corrected chi connectivity index (χ0v) is 23.8. The Balaban J connectivity index is 1.54. The minimum atomic E-state index is -0.571. The first-order valence-electron chi connectivity index (χ1n) is 10.3. The van der Waals surface area contributed by atoms with Gasteiger partial charge in [0.2, 0.25) is 0 Å². The van der Waals surface area contributed by atoms with Crippen molar-refractivity contribution in [1.82, 2.24) is 0 Å². The van der Waals surface area contributed by atoms with Crippen molar-refractivity contribution in [3.05, 3.63) is 107 Å². The fourth-order valence-corrected chi connectivity index (χ4v) is 5.95. The first kappa shape index (κ1) is 25.8. The Morgan fingerprint density at radius 1 is 1.00 bits per heavy atom. The maximum absolute atomic E-state index is 12.7. The quantitative estimate of drug-likeness (QED) is 0.123. The molecule has 0 fully saturated rings. The van der Waals surface area contributed by atoms with E-state index in [4.69, 9.17) is 27.9 Å². The lowest BCUT2D eigenvalue weighted by atomic mass is 10.1. The van der Waals surface area contributed by atoms with Crippen molar-refractivity contribution in [2.75, 3.05) is 5.32 Å². The minimum absolute atomic E-state index is 0.0583. The molecular weight excluding hydrogens is 709 g/mol. The molecule has 4 nitrogen and oxygen atoms in total. The second-order valence-electron chi connectivity index (χ2n) is 7.47. The van der Waals surface area contributed by atoms with Crippen LogP contribution >= 0.6 is 68.4 Å². The molecule has 174 valence electrons. The molecule has 0 aliphatic carbocycles. The molecule has 0 spiro atoms. The van der Waals surface area contributed by atoms with E-state index in [1.165, 1.54) is 11.5 Å². The summed E-state index contributed by atoms with van der Waals surface area (Å²) in [6.45, 7) is 0.425. The summed E-state index contributed by atoms with van der Waals surface area (Å²) in [5.74, 6) is 0.183. The van der Waals surface area contributed by atoms with Crippen molar-refractivity contribution >= 4 is 96.8 Å². The number of fused-ring (bicyclic) bond motifs is 1. The number of benzene rings is 4. The van der Waals surface area contributed by atoms with Crippen molar-refractivity contribution in [2.45, 2.75) is 6.61 Å². The molecule has 1 amide bonds. The highest BCUT2D eigenvalue weighted by molar-refractivity contribution is 14.1. The third-order valence-corrected chi connectivity index (χ3v) is 7.57. The molecule has 0 saturated heterocycles. The maximum atomic E-state index is 12.7. The van der Waals surface area contributed by atoms with Crippen molar-refractivity contribution in [1.29, 1.82) is 5.26 Å². The number of nitriles is 1. The molecular formula is C27H16Cl2I2N2O2. The predicted molar refractivity (Wildman–Crippen MR) is 159 cm³/mol. The van der Waals surface area contributed by atoms with Crippen molar-refractivity contribution < 1.29 is 9.53 Å². The van der Waals surface area contributed by atoms with E-state index >= 15 is 0 Å². The van der Waals surface area contributed by atoms with Gasteiger partial charge in [0.15, 0.2) is 0 Å². The molecule has 0 radical (unpaired) electrons. The molecule has 0 heterocycles. The third kappa shape index (κ3) is 6.09. The topological polar surface area (TPSA) is 62.1 Å². The van der Waals surface area contributed by atoms with Gasteiger partial charge in [0, 0.05) is 0 Å². The summed E-state index contributed by atoms with van der Waals surface area (Å²) in [4.78, 5) is 12.7. The van der Waals surface area contributed by atoms with Crippen molar-refractivity contribution in [3.8, 4) is 11.8 Å². The summed E-state index contributed by atoms with van der Waals surface area (Å²) in [5.41, 5.74) is 2.09. The van der Waals surface area contributed by atoms with Crippen LogP contribution in [0.4, 0.5) is 5.69 Å². The molecule has 0 unspecified atom stereocenters. The molecule has 35 heavy (non-hydrogen) atoms. The summed E-state index contributed by atoms with van der Waals surface area (Å²) < 4.78 is 7.94. The van der Waals surface area contributed by atoms with Crippen molar-refractivity contribution in [3.63, 3.8) is 0 Å². The number of hydrogen-bond acceptors (Lipinski definition) is 3. The van der Waals surface area contributed by atoms with Crippen LogP contribution in [0.15, 0.2) is 78.4 Å². The van der Waals surface area contributed by atoms with Gasteiger partial charge in [0.1, 0.15) is 24.0 Å². The summed E-state index contributed by atoms with van der Waals surface area (Å²) in [7, 11) is 0. The number of ether oxygens (including phenoxy) is 1. The van der Waals surface area contributed by atoms with Gasteiger partial charge in [-0.05, 0) is 97.4 Å². The molecule has 0 saturated carbocycles. The second-order valence-corrected chi connectivity index (χ2v) is 10.6. The van der Waals surface area contributed by atoms with Crippen LogP contribution in [0.1, 0.15) is 11.1 Å². The molecule has 4 aromatic carbocycles. The summed E-state index contributed by atoms with van der Waals surface area (Å²) in [6.07, 6.45) is 1.53. The number of nitrogens with one attached hydrogen (secondary N) is 1. The monoisotopic (exact) mass is 724 g/mol. The summed E-state index contributed by atoms with van der Waals surface area (Å²) >= 11 is 16.6. The molecule has 1 N–H and O–H groups in total. The molecule has 4 rings (SSSR count). The fraction of sp³-hybridized carbons (Fsp3) is 0.0370. The highest BCUT2D eigenvalue weighted by Crippen LogP contribution is 2.32. The predicted octanol–water partition coefficient (Wildman–Crippen LogP) is 8.48. The van der Waals surface area contributed by atoms with Crippen LogP contribution in [0.5, 0.6) is 5.75 Å². The first-order chi connectivity index (χ1) is 16.9. The fourth-order valence-electron chi connectivity index (χ4n) is 3.47. The van der Waals surface area contributed by atoms with Gasteiger partial charge in [-0.2, -0.15) is 5.26 Å². The van der Waals surface area contributed by atoms with E-state index in [1.54, 1.807) is 18.2 Å². The number of carbonyl (C=O) groups is 1. The van der Waals surface area contributed by atoms with Crippen LogP contribution in [-0.4, -0.2) is 5.91 Å². The lowest BCUT2D eigenvalue weighted by molar-refractivity contribution is -0.112. The van der Waals surface area contributed by atoms with E-state index in [0.717, 1.165) is 23.8 Å². The number of rotatable bonds is 6. The van der Waals surface area contributed by atoms with Gasteiger partial charge in [0.25, 0.3) is 5.91 Å². The highest BCUT2D eigenvalue weighted by atomic mass is 127. The number of carbonyl (C=O) groups excluding carboxylic acids is 1. The average Bonchev–Trinajstić information content (AvgIpc) is 2.85. The Kier molecular flexibility index (Phi) is 8.55. The molecule has 0 aromatic heterocycles. The molecule has 8 heteroatoms. The lowest BCUT2D eigenvalue weighted by Gasteiger charge is -2.13. The van der Waals surface area contributed by atoms with Gasteiger partial charge in [-0.3, -0.25) is 4.79 Å². The number of halogens is 4. The third-order valence-electron chi connectivity index (χ3n) is 5.15. The summed E-state index contributed by atoms with van der Waals surface area (Å²) in [6, 6.07) is 25.0. The van der Waals surface area contributed by atoms with Crippen LogP contribution in [0.2, 0.25) is 10.0 Å². The molecule has 0 atom stereocenters. The Hall–Kier alpha value is -2.32. The molecule has 4 aromatic rings. The van der Waals surface area contributed by atoms with Crippen LogP contribution in [0.3, 0.4) is 0 Å². The van der Waals surface area contributed by atoms with Gasteiger partial charge >= 0.3 is 0 Å². The van der Waals surface area contributed by atoms with E-state index in [9.17, 15) is 10.1 Å². The zero-order chi connectivity index (χ0) is 24.9. The van der Waals surface area contributed by atoms with Crippen molar-refractivity contribution in [2.24, 2.45) is 0 Å². The normalized spacial score (nSPS) is 11.2. The van der Waals surface area contributed by atoms with Gasteiger partial charge in [-0.1, -0.05) is 71.7 Å². The number of hydrogen-bond donors (Lipinski definition) is 1. The van der Waals surface area contributed by atoms with Gasteiger partial charge in [0.05, 0.1) is 22.9 Å². The van der Waals surface area contributed by atoms with Crippen LogP contribution in [0.25, 0.3) is 16.8 Å². The smallest absolute Gasteiger partial charge is 0.266 e. The number of amides is 1. The Labute approximate surface area is 240 Å². The maximum Gasteiger partial charge on any atom is 0.266 e. The lowest BCUT2D eigenvalue weighted by Crippen LogP contribution is -2.13. The van der Waals surface area contributed by atoms with Gasteiger partial charge in [-0.15, -0.1) is 0 Å².